The number of hydrogen-bond donors (Lipinski definition) is 2. The number of carbonyl (C=O) groups excluding carboxylic acids is 1. The summed E-state index contributed by atoms with van der Waals surface area (Å²) in [5, 5.41) is 10.8. The highest BCUT2D eigenvalue weighted by Crippen LogP contribution is 2.44. The molecule has 0 aromatic heterocycles. The Labute approximate surface area is 161 Å². The van der Waals surface area contributed by atoms with Crippen LogP contribution in [-0.2, 0) is 24.7 Å². The van der Waals surface area contributed by atoms with Gasteiger partial charge < -0.3 is 5.11 Å². The number of thioether (sulfide) groups is 1. The normalized spacial score (nSPS) is 13.7. The maximum atomic E-state index is 12.4. The molecule has 1 aromatic carbocycles. The van der Waals surface area contributed by atoms with Gasteiger partial charge in [0.15, 0.2) is 12.4 Å². The number of aromatic hydroxyl groups is 1. The molecule has 0 saturated carbocycles. The van der Waals surface area contributed by atoms with Crippen LogP contribution in [0.15, 0.2) is 17.0 Å². The van der Waals surface area contributed by atoms with E-state index in [2.05, 4.69) is 4.52 Å². The Hall–Kier alpha value is -0.940. The van der Waals surface area contributed by atoms with Crippen molar-refractivity contribution in [1.29, 1.82) is 0 Å². The van der Waals surface area contributed by atoms with E-state index in [4.69, 9.17) is 4.89 Å². The first kappa shape index (κ1) is 23.1. The summed E-state index contributed by atoms with van der Waals surface area (Å²) < 4.78 is 14.4. The van der Waals surface area contributed by atoms with Crippen LogP contribution in [0.25, 0.3) is 0 Å². The standard InChI is InChI=1S/C19H29O5PS/c1-17(2,3)13-9-12(10-14(16(13)21)18(4,5)6)26-19(7,8)15(20)11-24-25(22)23/h9-10H,11H2,1-8H3,(H-,21,22,23)/p+1. The first-order chi connectivity index (χ1) is 11.6. The molecule has 5 nitrogen and oxygen atoms in total. The lowest BCUT2D eigenvalue weighted by molar-refractivity contribution is -0.122. The molecule has 0 radical (unpaired) electrons. The number of phenols is 1. The summed E-state index contributed by atoms with van der Waals surface area (Å²) in [6.07, 6.45) is 0. The minimum atomic E-state index is -2.80. The SMILES string of the molecule is CC(C)(Sc1cc(C(C)(C)C)c(O)c(C(C)(C)C)c1)C(=O)CO[P+](=O)O. The molecule has 26 heavy (non-hydrogen) atoms. The quantitative estimate of drug-likeness (QED) is 0.510. The molecular weight excluding hydrogens is 371 g/mol. The van der Waals surface area contributed by atoms with Gasteiger partial charge in [0.2, 0.25) is 0 Å². The van der Waals surface area contributed by atoms with Gasteiger partial charge in [-0.05, 0) is 36.8 Å². The Balaban J connectivity index is 3.32. The van der Waals surface area contributed by atoms with Crippen molar-refractivity contribution in [3.05, 3.63) is 23.3 Å². The van der Waals surface area contributed by atoms with E-state index < -0.39 is 19.6 Å². The molecule has 0 amide bonds. The number of Topliss-reactive ketones (excluding diaryl/α,β-unsaturated/α-hetero) is 1. The van der Waals surface area contributed by atoms with Crippen molar-refractivity contribution >= 4 is 25.8 Å². The zero-order valence-corrected chi connectivity index (χ0v) is 18.5. The molecule has 1 unspecified atom stereocenters. The third-order valence-corrected chi connectivity index (χ3v) is 5.61. The number of carbonyl (C=O) groups is 1. The van der Waals surface area contributed by atoms with E-state index in [9.17, 15) is 14.5 Å². The average Bonchev–Trinajstić information content (AvgIpc) is 2.43. The lowest BCUT2D eigenvalue weighted by Gasteiger charge is -2.29. The summed E-state index contributed by atoms with van der Waals surface area (Å²) in [6.45, 7) is 15.3. The van der Waals surface area contributed by atoms with E-state index in [1.165, 1.54) is 11.8 Å². The molecule has 7 heteroatoms. The summed E-state index contributed by atoms with van der Waals surface area (Å²) in [5.74, 6) is 0.0154. The molecule has 0 saturated heterocycles. The van der Waals surface area contributed by atoms with Crippen LogP contribution < -0.4 is 0 Å². The molecule has 0 aliphatic heterocycles. The fraction of sp³-hybridized carbons (Fsp3) is 0.632. The summed E-state index contributed by atoms with van der Waals surface area (Å²) in [5.41, 5.74) is 1.14. The minimum Gasteiger partial charge on any atom is -0.507 e. The third-order valence-electron chi connectivity index (χ3n) is 4.05. The van der Waals surface area contributed by atoms with E-state index in [1.54, 1.807) is 13.8 Å². The fourth-order valence-electron chi connectivity index (χ4n) is 2.45. The molecule has 0 spiro atoms. The smallest absolute Gasteiger partial charge is 0.507 e. The molecule has 0 heterocycles. The van der Waals surface area contributed by atoms with Crippen molar-refractivity contribution in [1.82, 2.24) is 0 Å². The van der Waals surface area contributed by atoms with Gasteiger partial charge in [0.25, 0.3) is 0 Å². The largest absolute Gasteiger partial charge is 0.695 e. The van der Waals surface area contributed by atoms with E-state index in [0.717, 1.165) is 16.0 Å². The predicted octanol–water partition coefficient (Wildman–Crippen LogP) is 5.09. The Bertz CT molecular complexity index is 664. The van der Waals surface area contributed by atoms with Gasteiger partial charge >= 0.3 is 8.25 Å². The maximum Gasteiger partial charge on any atom is 0.695 e. The summed E-state index contributed by atoms with van der Waals surface area (Å²) in [6, 6.07) is 3.83. The number of hydrogen-bond acceptors (Lipinski definition) is 5. The van der Waals surface area contributed by atoms with Crippen LogP contribution in [0.2, 0.25) is 0 Å². The first-order valence-corrected chi connectivity index (χ1v) is 10.4. The molecular formula is C19H30O5PS+. The molecule has 0 aliphatic rings. The zero-order valence-electron chi connectivity index (χ0n) is 16.8. The van der Waals surface area contributed by atoms with Gasteiger partial charge in [-0.15, -0.1) is 21.2 Å². The van der Waals surface area contributed by atoms with Gasteiger partial charge in [0, 0.05) is 20.6 Å². The predicted molar refractivity (Wildman–Crippen MR) is 106 cm³/mol. The number of benzene rings is 1. The Morgan fingerprint density at radius 3 is 1.81 bits per heavy atom. The molecule has 0 fully saturated rings. The topological polar surface area (TPSA) is 83.8 Å². The molecule has 1 rings (SSSR count). The van der Waals surface area contributed by atoms with Crippen molar-refractivity contribution in [3.8, 4) is 5.75 Å². The summed E-state index contributed by atoms with van der Waals surface area (Å²) >= 11 is 1.36. The number of ketones is 1. The van der Waals surface area contributed by atoms with E-state index >= 15 is 0 Å². The van der Waals surface area contributed by atoms with Gasteiger partial charge in [-0.25, -0.2) is 0 Å². The van der Waals surface area contributed by atoms with Gasteiger partial charge in [0.05, 0.1) is 4.75 Å². The zero-order chi connectivity index (χ0) is 20.5. The van der Waals surface area contributed by atoms with Crippen LogP contribution in [0, 0.1) is 0 Å². The number of phenolic OH excluding ortho intramolecular Hbond substituents is 1. The van der Waals surface area contributed by atoms with Crippen LogP contribution in [-0.4, -0.2) is 27.1 Å². The van der Waals surface area contributed by atoms with Crippen LogP contribution in [0.5, 0.6) is 5.75 Å². The highest BCUT2D eigenvalue weighted by atomic mass is 32.2. The summed E-state index contributed by atoms with van der Waals surface area (Å²) in [7, 11) is -2.80. The monoisotopic (exact) mass is 401 g/mol. The Morgan fingerprint density at radius 1 is 1.04 bits per heavy atom. The van der Waals surface area contributed by atoms with Crippen LogP contribution in [0.3, 0.4) is 0 Å². The summed E-state index contributed by atoms with van der Waals surface area (Å²) in [4.78, 5) is 22.0. The second kappa shape index (κ2) is 7.97. The lowest BCUT2D eigenvalue weighted by Crippen LogP contribution is -2.31. The second-order valence-corrected chi connectivity index (χ2v) is 11.3. The molecule has 2 N–H and O–H groups in total. The Morgan fingerprint density at radius 2 is 1.46 bits per heavy atom. The maximum absolute atomic E-state index is 12.4. The van der Waals surface area contributed by atoms with Gasteiger partial charge in [-0.3, -0.25) is 4.79 Å². The van der Waals surface area contributed by atoms with Crippen molar-refractivity contribution in [2.75, 3.05) is 6.61 Å². The fourth-order valence-corrected chi connectivity index (χ4v) is 3.79. The van der Waals surface area contributed by atoms with Crippen LogP contribution in [0.1, 0.15) is 66.5 Å². The van der Waals surface area contributed by atoms with Gasteiger partial charge in [-0.1, -0.05) is 41.5 Å². The van der Waals surface area contributed by atoms with Crippen molar-refractivity contribution in [2.45, 2.75) is 75.9 Å². The average molecular weight is 401 g/mol. The van der Waals surface area contributed by atoms with E-state index in [1.807, 2.05) is 53.7 Å². The number of rotatable bonds is 6. The first-order valence-electron chi connectivity index (χ1n) is 8.45. The van der Waals surface area contributed by atoms with Crippen molar-refractivity contribution < 1.29 is 23.9 Å². The van der Waals surface area contributed by atoms with Crippen LogP contribution >= 0.6 is 20.0 Å². The van der Waals surface area contributed by atoms with E-state index in [0.29, 0.717) is 5.75 Å². The molecule has 1 atom stereocenters. The molecule has 0 aliphatic carbocycles. The molecule has 1 aromatic rings. The highest BCUT2D eigenvalue weighted by molar-refractivity contribution is 8.01. The second-order valence-electron chi connectivity index (χ2n) is 8.91. The van der Waals surface area contributed by atoms with Gasteiger partial charge in [0.1, 0.15) is 5.75 Å². The lowest BCUT2D eigenvalue weighted by atomic mass is 9.79. The van der Waals surface area contributed by atoms with Gasteiger partial charge in [-0.2, -0.15) is 0 Å². The van der Waals surface area contributed by atoms with Crippen LogP contribution in [0.4, 0.5) is 0 Å². The van der Waals surface area contributed by atoms with Crippen molar-refractivity contribution in [3.63, 3.8) is 0 Å². The van der Waals surface area contributed by atoms with Crippen molar-refractivity contribution in [2.24, 2.45) is 0 Å². The Kier molecular flexibility index (Phi) is 7.08. The third kappa shape index (κ3) is 6.05. The highest BCUT2D eigenvalue weighted by Gasteiger charge is 2.33. The molecule has 0 bridgehead atoms. The minimum absolute atomic E-state index is 0.257. The molecule has 146 valence electrons. The van der Waals surface area contributed by atoms with E-state index in [-0.39, 0.29) is 16.6 Å².